The van der Waals surface area contributed by atoms with Crippen molar-refractivity contribution in [1.29, 1.82) is 5.26 Å². The van der Waals surface area contributed by atoms with Gasteiger partial charge in [0.25, 0.3) is 0 Å². The molecule has 0 aliphatic rings. The molecule has 0 saturated heterocycles. The number of hydrogen-bond donors (Lipinski definition) is 3. The molecule has 0 aliphatic carbocycles. The van der Waals surface area contributed by atoms with Gasteiger partial charge in [0, 0.05) is 12.2 Å². The largest absolute Gasteiger partial charge is 0.334 e. The molecule has 3 N–H and O–H groups in total. The van der Waals surface area contributed by atoms with Crippen molar-refractivity contribution in [3.05, 3.63) is 64.4 Å². The molecule has 28 heavy (non-hydrogen) atoms. The molecule has 8 heteroatoms. The Hall–Kier alpha value is -3.11. The van der Waals surface area contributed by atoms with Gasteiger partial charge in [-0.2, -0.15) is 5.26 Å². The van der Waals surface area contributed by atoms with Gasteiger partial charge >= 0.3 is 6.03 Å². The normalized spacial score (nSPS) is 11.2. The summed E-state index contributed by atoms with van der Waals surface area (Å²) in [4.78, 5) is 24.7. The standard InChI is InChI=1S/C20H20ClFN4O2/c1-2-3-18(19(27)25-16-8-9-17(21)14(10-16)11-23)26-20(28)24-12-13-4-6-15(22)7-5-13/h4-10,18H,2-3,12H2,1H3,(H,25,27)(H2,24,26,28). The summed E-state index contributed by atoms with van der Waals surface area (Å²) in [6, 6.07) is 11.0. The molecule has 0 heterocycles. The predicted molar refractivity (Wildman–Crippen MR) is 105 cm³/mol. The van der Waals surface area contributed by atoms with Gasteiger partial charge in [-0.05, 0) is 42.3 Å². The van der Waals surface area contributed by atoms with E-state index in [0.29, 0.717) is 23.6 Å². The van der Waals surface area contributed by atoms with Crippen LogP contribution < -0.4 is 16.0 Å². The van der Waals surface area contributed by atoms with Crippen molar-refractivity contribution in [1.82, 2.24) is 10.6 Å². The minimum Gasteiger partial charge on any atom is -0.334 e. The first-order valence-electron chi connectivity index (χ1n) is 8.72. The lowest BCUT2D eigenvalue weighted by Gasteiger charge is -2.18. The molecule has 146 valence electrons. The Balaban J connectivity index is 1.95. The van der Waals surface area contributed by atoms with Crippen LogP contribution in [0.5, 0.6) is 0 Å². The van der Waals surface area contributed by atoms with Crippen LogP contribution >= 0.6 is 11.6 Å². The van der Waals surface area contributed by atoms with Crippen molar-refractivity contribution in [3.63, 3.8) is 0 Å². The van der Waals surface area contributed by atoms with Crippen LogP contribution in [0.4, 0.5) is 14.9 Å². The Morgan fingerprint density at radius 1 is 1.21 bits per heavy atom. The zero-order valence-electron chi connectivity index (χ0n) is 15.3. The topological polar surface area (TPSA) is 94.0 Å². The number of nitriles is 1. The monoisotopic (exact) mass is 402 g/mol. The Bertz CT molecular complexity index is 881. The number of hydrogen-bond acceptors (Lipinski definition) is 3. The van der Waals surface area contributed by atoms with Crippen molar-refractivity contribution in [2.75, 3.05) is 5.32 Å². The van der Waals surface area contributed by atoms with Crippen LogP contribution in [0.2, 0.25) is 5.02 Å². The minimum absolute atomic E-state index is 0.204. The quantitative estimate of drug-likeness (QED) is 0.654. The molecule has 0 radical (unpaired) electrons. The number of carbonyl (C=O) groups excluding carboxylic acids is 2. The van der Waals surface area contributed by atoms with Gasteiger partial charge in [0.15, 0.2) is 0 Å². The molecule has 0 aromatic heterocycles. The number of nitrogens with zero attached hydrogens (tertiary/aromatic N) is 1. The fraction of sp³-hybridized carbons (Fsp3) is 0.250. The number of rotatable bonds is 7. The number of halogens is 2. The van der Waals surface area contributed by atoms with E-state index in [0.717, 1.165) is 5.56 Å². The molecule has 2 rings (SSSR count). The molecule has 0 aliphatic heterocycles. The first-order valence-corrected chi connectivity index (χ1v) is 9.10. The molecule has 2 aromatic carbocycles. The van der Waals surface area contributed by atoms with E-state index in [1.165, 1.54) is 24.3 Å². The SMILES string of the molecule is CCCC(NC(=O)NCc1ccc(F)cc1)C(=O)Nc1ccc(Cl)c(C#N)c1. The van der Waals surface area contributed by atoms with Gasteiger partial charge in [0.05, 0.1) is 10.6 Å². The van der Waals surface area contributed by atoms with Crippen LogP contribution in [0.1, 0.15) is 30.9 Å². The molecular weight excluding hydrogens is 383 g/mol. The number of amides is 3. The molecule has 6 nitrogen and oxygen atoms in total. The third-order valence-electron chi connectivity index (χ3n) is 3.92. The smallest absolute Gasteiger partial charge is 0.315 e. The maximum atomic E-state index is 12.9. The van der Waals surface area contributed by atoms with Crippen molar-refractivity contribution in [3.8, 4) is 6.07 Å². The maximum absolute atomic E-state index is 12.9. The number of carbonyl (C=O) groups is 2. The maximum Gasteiger partial charge on any atom is 0.315 e. The Kier molecular flexibility index (Phi) is 7.78. The summed E-state index contributed by atoms with van der Waals surface area (Å²) in [7, 11) is 0. The summed E-state index contributed by atoms with van der Waals surface area (Å²) in [6.45, 7) is 2.10. The van der Waals surface area contributed by atoms with E-state index in [1.54, 1.807) is 18.2 Å². The summed E-state index contributed by atoms with van der Waals surface area (Å²) in [5.41, 5.74) is 1.40. The third kappa shape index (κ3) is 6.25. The predicted octanol–water partition coefficient (Wildman–Crippen LogP) is 3.96. The van der Waals surface area contributed by atoms with E-state index < -0.39 is 18.0 Å². The van der Waals surface area contributed by atoms with Crippen molar-refractivity contribution >= 4 is 29.2 Å². The van der Waals surface area contributed by atoms with Crippen LogP contribution in [0, 0.1) is 17.1 Å². The molecule has 0 saturated carbocycles. The van der Waals surface area contributed by atoms with Crippen molar-refractivity contribution < 1.29 is 14.0 Å². The Morgan fingerprint density at radius 3 is 2.57 bits per heavy atom. The van der Waals surface area contributed by atoms with E-state index in [4.69, 9.17) is 16.9 Å². The van der Waals surface area contributed by atoms with Crippen LogP contribution in [0.15, 0.2) is 42.5 Å². The molecule has 0 spiro atoms. The highest BCUT2D eigenvalue weighted by Gasteiger charge is 2.20. The molecule has 0 fully saturated rings. The Labute approximate surface area is 167 Å². The lowest BCUT2D eigenvalue weighted by atomic mass is 10.1. The second-order valence-electron chi connectivity index (χ2n) is 6.09. The van der Waals surface area contributed by atoms with E-state index in [9.17, 15) is 14.0 Å². The van der Waals surface area contributed by atoms with Gasteiger partial charge in [-0.3, -0.25) is 4.79 Å². The van der Waals surface area contributed by atoms with Crippen molar-refractivity contribution in [2.45, 2.75) is 32.4 Å². The number of anilines is 1. The van der Waals surface area contributed by atoms with Crippen LogP contribution in [-0.4, -0.2) is 18.0 Å². The fourth-order valence-electron chi connectivity index (χ4n) is 2.47. The highest BCUT2D eigenvalue weighted by molar-refractivity contribution is 6.31. The number of urea groups is 1. The minimum atomic E-state index is -0.751. The van der Waals surface area contributed by atoms with Crippen LogP contribution in [0.3, 0.4) is 0 Å². The van der Waals surface area contributed by atoms with Gasteiger partial charge in [-0.25, -0.2) is 9.18 Å². The van der Waals surface area contributed by atoms with Crippen LogP contribution in [0.25, 0.3) is 0 Å². The molecule has 1 unspecified atom stereocenters. The zero-order valence-corrected chi connectivity index (χ0v) is 16.0. The highest BCUT2D eigenvalue weighted by atomic mass is 35.5. The van der Waals surface area contributed by atoms with Crippen LogP contribution in [-0.2, 0) is 11.3 Å². The second-order valence-corrected chi connectivity index (χ2v) is 6.50. The average Bonchev–Trinajstić information content (AvgIpc) is 2.68. The summed E-state index contributed by atoms with van der Waals surface area (Å²) in [5, 5.41) is 17.3. The summed E-state index contributed by atoms with van der Waals surface area (Å²) < 4.78 is 12.9. The molecule has 1 atom stereocenters. The number of nitrogens with one attached hydrogen (secondary N) is 3. The Morgan fingerprint density at radius 2 is 1.93 bits per heavy atom. The lowest BCUT2D eigenvalue weighted by Crippen LogP contribution is -2.47. The summed E-state index contributed by atoms with van der Waals surface area (Å²) >= 11 is 5.89. The van der Waals surface area contributed by atoms with Gasteiger partial charge in [0.1, 0.15) is 17.9 Å². The summed E-state index contributed by atoms with van der Waals surface area (Å²) in [5.74, 6) is -0.750. The average molecular weight is 403 g/mol. The third-order valence-corrected chi connectivity index (χ3v) is 4.25. The first-order chi connectivity index (χ1) is 13.4. The molecular formula is C20H20ClFN4O2. The fourth-order valence-corrected chi connectivity index (χ4v) is 2.63. The van der Waals surface area contributed by atoms with Gasteiger partial charge in [0.2, 0.25) is 5.91 Å². The molecule has 0 bridgehead atoms. The second kappa shape index (κ2) is 10.3. The molecule has 3 amide bonds. The summed E-state index contributed by atoms with van der Waals surface area (Å²) in [6.07, 6.45) is 1.12. The van der Waals surface area contributed by atoms with E-state index in [-0.39, 0.29) is 17.9 Å². The van der Waals surface area contributed by atoms with Crippen molar-refractivity contribution in [2.24, 2.45) is 0 Å². The first kappa shape index (κ1) is 21.2. The van der Waals surface area contributed by atoms with E-state index in [2.05, 4.69) is 16.0 Å². The van der Waals surface area contributed by atoms with Gasteiger partial charge < -0.3 is 16.0 Å². The van der Waals surface area contributed by atoms with Gasteiger partial charge in [-0.1, -0.05) is 37.1 Å². The highest BCUT2D eigenvalue weighted by Crippen LogP contribution is 2.20. The van der Waals surface area contributed by atoms with E-state index >= 15 is 0 Å². The van der Waals surface area contributed by atoms with Gasteiger partial charge in [-0.15, -0.1) is 0 Å². The molecule has 2 aromatic rings. The van der Waals surface area contributed by atoms with E-state index in [1.807, 2.05) is 13.0 Å². The lowest BCUT2D eigenvalue weighted by molar-refractivity contribution is -0.118. The number of benzene rings is 2. The zero-order chi connectivity index (χ0) is 20.5.